The van der Waals surface area contributed by atoms with Gasteiger partial charge in [0.1, 0.15) is 0 Å². The number of benzene rings is 2. The minimum Gasteiger partial charge on any atom is -0.352 e. The van der Waals surface area contributed by atoms with E-state index in [1.807, 2.05) is 24.3 Å². The zero-order valence-corrected chi connectivity index (χ0v) is 15.2. The summed E-state index contributed by atoms with van der Waals surface area (Å²) >= 11 is 0. The monoisotopic (exact) mass is 360 g/mol. The maximum atomic E-state index is 13.4. The van der Waals surface area contributed by atoms with E-state index < -0.39 is 11.6 Å². The lowest BCUT2D eigenvalue weighted by atomic mass is 10.0. The average Bonchev–Trinajstić information content (AvgIpc) is 2.68. The van der Waals surface area contributed by atoms with Crippen molar-refractivity contribution in [1.82, 2.24) is 0 Å². The molecule has 0 amide bonds. The normalized spacial score (nSPS) is 20.3. The van der Waals surface area contributed by atoms with Gasteiger partial charge in [-0.1, -0.05) is 50.1 Å². The van der Waals surface area contributed by atoms with E-state index in [4.69, 9.17) is 9.47 Å². The highest BCUT2D eigenvalue weighted by atomic mass is 19.2. The van der Waals surface area contributed by atoms with Crippen LogP contribution in [0.1, 0.15) is 38.2 Å². The van der Waals surface area contributed by atoms with Crippen LogP contribution in [0.15, 0.2) is 42.5 Å². The van der Waals surface area contributed by atoms with Crippen LogP contribution in [-0.4, -0.2) is 19.5 Å². The second-order valence-corrected chi connectivity index (χ2v) is 6.97. The lowest BCUT2D eigenvalue weighted by molar-refractivity contribution is -0.203. The molecule has 26 heavy (non-hydrogen) atoms. The Morgan fingerprint density at radius 1 is 0.885 bits per heavy atom. The van der Waals surface area contributed by atoms with Crippen molar-refractivity contribution >= 4 is 0 Å². The lowest BCUT2D eigenvalue weighted by Gasteiger charge is -2.29. The van der Waals surface area contributed by atoms with Gasteiger partial charge in [-0.3, -0.25) is 0 Å². The van der Waals surface area contributed by atoms with E-state index in [-0.39, 0.29) is 6.29 Å². The van der Waals surface area contributed by atoms with E-state index in [0.29, 0.717) is 11.5 Å². The van der Waals surface area contributed by atoms with Gasteiger partial charge in [0.05, 0.1) is 13.2 Å². The summed E-state index contributed by atoms with van der Waals surface area (Å²) in [7, 11) is 0. The molecule has 2 aromatic rings. The number of rotatable bonds is 7. The van der Waals surface area contributed by atoms with Gasteiger partial charge in [0.15, 0.2) is 17.9 Å². The summed E-state index contributed by atoms with van der Waals surface area (Å²) in [6, 6.07) is 11.9. The molecule has 3 rings (SSSR count). The fourth-order valence-corrected chi connectivity index (χ4v) is 3.23. The molecule has 4 heteroatoms. The highest BCUT2D eigenvalue weighted by Crippen LogP contribution is 2.23. The number of halogens is 2. The first-order chi connectivity index (χ1) is 12.7. The lowest BCUT2D eigenvalue weighted by Crippen LogP contribution is -2.32. The predicted octanol–water partition coefficient (Wildman–Crippen LogP) is 5.74. The number of unbranched alkanes of at least 4 members (excludes halogenated alkanes) is 1. The Morgan fingerprint density at radius 2 is 1.58 bits per heavy atom. The van der Waals surface area contributed by atoms with Crippen LogP contribution in [0.2, 0.25) is 0 Å². The Labute approximate surface area is 154 Å². The van der Waals surface area contributed by atoms with E-state index in [1.54, 1.807) is 6.07 Å². The van der Waals surface area contributed by atoms with Crippen molar-refractivity contribution in [3.05, 3.63) is 59.7 Å². The number of hydrogen-bond donors (Lipinski definition) is 0. The Balaban J connectivity index is 1.48. The molecule has 1 fully saturated rings. The summed E-state index contributed by atoms with van der Waals surface area (Å²) in [4.78, 5) is 0. The SMILES string of the molecule is CCCCC1COC(CCc2ccc(-c3ccc(F)c(F)c3)cc2)OC1. The average molecular weight is 360 g/mol. The largest absolute Gasteiger partial charge is 0.352 e. The van der Waals surface area contributed by atoms with Gasteiger partial charge in [0.2, 0.25) is 0 Å². The molecule has 2 nitrogen and oxygen atoms in total. The van der Waals surface area contributed by atoms with Crippen LogP contribution < -0.4 is 0 Å². The van der Waals surface area contributed by atoms with Gasteiger partial charge < -0.3 is 9.47 Å². The second-order valence-electron chi connectivity index (χ2n) is 6.97. The topological polar surface area (TPSA) is 18.5 Å². The van der Waals surface area contributed by atoms with Gasteiger partial charge in [-0.05, 0) is 41.7 Å². The minimum atomic E-state index is -0.824. The Kier molecular flexibility index (Phi) is 6.75. The van der Waals surface area contributed by atoms with Crippen molar-refractivity contribution < 1.29 is 18.3 Å². The molecule has 140 valence electrons. The molecule has 1 heterocycles. The quantitative estimate of drug-likeness (QED) is 0.626. The van der Waals surface area contributed by atoms with E-state index >= 15 is 0 Å². The molecule has 0 radical (unpaired) electrons. The van der Waals surface area contributed by atoms with Crippen LogP contribution in [0.5, 0.6) is 0 Å². The zero-order chi connectivity index (χ0) is 18.4. The Bertz CT molecular complexity index is 692. The summed E-state index contributed by atoms with van der Waals surface area (Å²) in [6.45, 7) is 3.78. The molecule has 0 saturated carbocycles. The summed E-state index contributed by atoms with van der Waals surface area (Å²) < 4.78 is 38.1. The van der Waals surface area contributed by atoms with E-state index in [2.05, 4.69) is 6.92 Å². The first kappa shape index (κ1) is 19.0. The molecule has 0 N–H and O–H groups in total. The fourth-order valence-electron chi connectivity index (χ4n) is 3.23. The smallest absolute Gasteiger partial charge is 0.159 e. The van der Waals surface area contributed by atoms with Gasteiger partial charge in [-0.15, -0.1) is 0 Å². The molecule has 1 aliphatic heterocycles. The highest BCUT2D eigenvalue weighted by molar-refractivity contribution is 5.63. The van der Waals surface area contributed by atoms with Crippen molar-refractivity contribution in [2.75, 3.05) is 13.2 Å². The van der Waals surface area contributed by atoms with Gasteiger partial charge in [-0.25, -0.2) is 8.78 Å². The predicted molar refractivity (Wildman–Crippen MR) is 98.8 cm³/mol. The maximum absolute atomic E-state index is 13.4. The summed E-state index contributed by atoms with van der Waals surface area (Å²) in [5, 5.41) is 0. The molecule has 1 saturated heterocycles. The Hall–Kier alpha value is -1.78. The molecule has 0 unspecified atom stereocenters. The molecule has 0 aromatic heterocycles. The van der Waals surface area contributed by atoms with Crippen LogP contribution >= 0.6 is 0 Å². The minimum absolute atomic E-state index is 0.126. The number of hydrogen-bond acceptors (Lipinski definition) is 2. The zero-order valence-electron chi connectivity index (χ0n) is 15.2. The second kappa shape index (κ2) is 9.24. The van der Waals surface area contributed by atoms with Gasteiger partial charge >= 0.3 is 0 Å². The van der Waals surface area contributed by atoms with Gasteiger partial charge in [-0.2, -0.15) is 0 Å². The van der Waals surface area contributed by atoms with Crippen molar-refractivity contribution in [2.45, 2.75) is 45.3 Å². The number of aryl methyl sites for hydroxylation is 1. The van der Waals surface area contributed by atoms with Crippen LogP contribution in [-0.2, 0) is 15.9 Å². The van der Waals surface area contributed by atoms with Gasteiger partial charge in [0.25, 0.3) is 0 Å². The molecular formula is C22H26F2O2. The summed E-state index contributed by atoms with van der Waals surface area (Å²) in [6.07, 6.45) is 5.17. The van der Waals surface area contributed by atoms with Crippen molar-refractivity contribution in [3.8, 4) is 11.1 Å². The third-order valence-electron chi connectivity index (χ3n) is 4.88. The van der Waals surface area contributed by atoms with Gasteiger partial charge in [0, 0.05) is 12.3 Å². The molecular weight excluding hydrogens is 334 g/mol. The fraction of sp³-hybridized carbons (Fsp3) is 0.455. The summed E-state index contributed by atoms with van der Waals surface area (Å²) in [5.41, 5.74) is 2.72. The molecule has 2 aromatic carbocycles. The first-order valence-electron chi connectivity index (χ1n) is 9.43. The summed E-state index contributed by atoms with van der Waals surface area (Å²) in [5.74, 6) is -1.12. The third-order valence-corrected chi connectivity index (χ3v) is 4.88. The molecule has 0 aliphatic carbocycles. The Morgan fingerprint density at radius 3 is 2.23 bits per heavy atom. The maximum Gasteiger partial charge on any atom is 0.159 e. The highest BCUT2D eigenvalue weighted by Gasteiger charge is 2.21. The van der Waals surface area contributed by atoms with Crippen molar-refractivity contribution in [2.24, 2.45) is 5.92 Å². The van der Waals surface area contributed by atoms with Crippen molar-refractivity contribution in [3.63, 3.8) is 0 Å². The van der Waals surface area contributed by atoms with Crippen LogP contribution in [0.3, 0.4) is 0 Å². The first-order valence-corrected chi connectivity index (χ1v) is 9.43. The van der Waals surface area contributed by atoms with E-state index in [0.717, 1.165) is 37.7 Å². The molecule has 0 bridgehead atoms. The van der Waals surface area contributed by atoms with E-state index in [1.165, 1.54) is 30.9 Å². The van der Waals surface area contributed by atoms with Crippen LogP contribution in [0.4, 0.5) is 8.78 Å². The molecule has 0 spiro atoms. The molecule has 0 atom stereocenters. The standard InChI is InChI=1S/C22H26F2O2/c1-2-3-4-17-14-25-22(26-15-17)12-7-16-5-8-18(9-6-16)19-10-11-20(23)21(24)13-19/h5-6,8-11,13,17,22H,2-4,7,12,14-15H2,1H3. The van der Waals surface area contributed by atoms with Crippen LogP contribution in [0.25, 0.3) is 11.1 Å². The number of ether oxygens (including phenoxy) is 2. The third kappa shape index (κ3) is 5.12. The van der Waals surface area contributed by atoms with E-state index in [9.17, 15) is 8.78 Å². The van der Waals surface area contributed by atoms with Crippen LogP contribution in [0, 0.1) is 17.6 Å². The molecule has 1 aliphatic rings. The van der Waals surface area contributed by atoms with Crippen molar-refractivity contribution in [1.29, 1.82) is 0 Å².